The highest BCUT2D eigenvalue weighted by atomic mass is 19.1. The van der Waals surface area contributed by atoms with E-state index in [1.165, 1.54) is 12.5 Å². The number of carbonyl (C=O) groups excluding carboxylic acids is 1. The third-order valence-corrected chi connectivity index (χ3v) is 5.92. The topological polar surface area (TPSA) is 46.9 Å². The van der Waals surface area contributed by atoms with Crippen molar-refractivity contribution in [1.82, 2.24) is 9.55 Å². The second kappa shape index (κ2) is 7.04. The van der Waals surface area contributed by atoms with Gasteiger partial charge in [0.1, 0.15) is 11.6 Å². The van der Waals surface area contributed by atoms with Crippen molar-refractivity contribution < 1.29 is 9.18 Å². The number of aromatic nitrogens is 2. The summed E-state index contributed by atoms with van der Waals surface area (Å²) < 4.78 is 15.6. The Hall–Kier alpha value is -2.69. The first-order valence-corrected chi connectivity index (χ1v) is 9.84. The van der Waals surface area contributed by atoms with Gasteiger partial charge in [0.05, 0.1) is 11.0 Å². The Morgan fingerprint density at radius 1 is 1.21 bits per heavy atom. The molecule has 2 aromatic heterocycles. The quantitative estimate of drug-likeness (QED) is 0.649. The van der Waals surface area contributed by atoms with E-state index in [-0.39, 0.29) is 17.1 Å². The fourth-order valence-corrected chi connectivity index (χ4v) is 3.99. The van der Waals surface area contributed by atoms with Gasteiger partial charge in [-0.25, -0.2) is 9.37 Å². The number of anilines is 1. The fourth-order valence-electron chi connectivity index (χ4n) is 3.99. The van der Waals surface area contributed by atoms with Gasteiger partial charge in [-0.15, -0.1) is 0 Å². The van der Waals surface area contributed by atoms with Crippen LogP contribution in [0.15, 0.2) is 36.5 Å². The van der Waals surface area contributed by atoms with E-state index in [9.17, 15) is 9.18 Å². The summed E-state index contributed by atoms with van der Waals surface area (Å²) in [4.78, 5) is 17.1. The van der Waals surface area contributed by atoms with Crippen molar-refractivity contribution in [2.75, 3.05) is 5.32 Å². The zero-order valence-corrected chi connectivity index (χ0v) is 16.7. The number of pyridine rings is 1. The number of rotatable bonds is 5. The molecule has 28 heavy (non-hydrogen) atoms. The maximum atomic E-state index is 13.5. The maximum absolute atomic E-state index is 13.5. The number of nitrogens with zero attached hydrogens (tertiary/aromatic N) is 2. The number of hydrogen-bond acceptors (Lipinski definition) is 2. The minimum atomic E-state index is -0.185. The van der Waals surface area contributed by atoms with Crippen LogP contribution in [0.1, 0.15) is 49.3 Å². The molecule has 0 atom stereocenters. The number of amides is 1. The summed E-state index contributed by atoms with van der Waals surface area (Å²) in [5.41, 5.74) is 4.63. The van der Waals surface area contributed by atoms with Crippen LogP contribution in [0.2, 0.25) is 0 Å². The highest BCUT2D eigenvalue weighted by molar-refractivity contribution is 5.92. The molecule has 1 aromatic carbocycles. The Kier molecular flexibility index (Phi) is 4.69. The van der Waals surface area contributed by atoms with Crippen LogP contribution < -0.4 is 5.32 Å². The molecule has 1 aliphatic rings. The molecule has 146 valence electrons. The number of fused-ring (bicyclic) bond motifs is 1. The molecule has 0 radical (unpaired) electrons. The molecule has 0 saturated heterocycles. The molecule has 0 aliphatic heterocycles. The Morgan fingerprint density at radius 2 is 2.00 bits per heavy atom. The van der Waals surface area contributed by atoms with Gasteiger partial charge in [0, 0.05) is 19.2 Å². The molecular formula is C23H26FN3O. The van der Waals surface area contributed by atoms with E-state index >= 15 is 0 Å². The number of carbonyl (C=O) groups is 1. The normalized spacial score (nSPS) is 15.4. The van der Waals surface area contributed by atoms with Crippen LogP contribution in [0.4, 0.5) is 10.2 Å². The lowest BCUT2D eigenvalue weighted by Gasteiger charge is -2.37. The maximum Gasteiger partial charge on any atom is 0.226 e. The molecular weight excluding hydrogens is 353 g/mol. The first kappa shape index (κ1) is 18.7. The Bertz CT molecular complexity index is 1050. The minimum Gasteiger partial charge on any atom is -0.342 e. The van der Waals surface area contributed by atoms with E-state index < -0.39 is 0 Å². The average Bonchev–Trinajstić information content (AvgIpc) is 2.99. The molecule has 4 nitrogen and oxygen atoms in total. The monoisotopic (exact) mass is 379 g/mol. The standard InChI is InChI=1S/C23H26FN3O/c1-15-11-17(5-6-18(15)24)14-27-10-7-19-20(27)12-16(2)22(25-19)26-21(28)13-23(3)8-4-9-23/h5-7,10-12H,4,8-9,13-14H2,1-3H3,(H,25,26,28). The number of hydrogen-bond donors (Lipinski definition) is 1. The van der Waals surface area contributed by atoms with Crippen LogP contribution in [-0.4, -0.2) is 15.5 Å². The Balaban J connectivity index is 1.54. The van der Waals surface area contributed by atoms with Crippen LogP contribution in [0, 0.1) is 25.1 Å². The molecule has 0 bridgehead atoms. The lowest BCUT2D eigenvalue weighted by molar-refractivity contribution is -0.119. The molecule has 1 saturated carbocycles. The summed E-state index contributed by atoms with van der Waals surface area (Å²) in [7, 11) is 0. The van der Waals surface area contributed by atoms with Crippen molar-refractivity contribution in [2.45, 2.75) is 53.0 Å². The van der Waals surface area contributed by atoms with Gasteiger partial charge < -0.3 is 9.88 Å². The molecule has 5 heteroatoms. The number of aryl methyl sites for hydroxylation is 2. The fraction of sp³-hybridized carbons (Fsp3) is 0.391. The summed E-state index contributed by atoms with van der Waals surface area (Å²) in [5.74, 6) is 0.490. The third-order valence-electron chi connectivity index (χ3n) is 5.92. The predicted octanol–water partition coefficient (Wildman–Crippen LogP) is 5.36. The summed E-state index contributed by atoms with van der Waals surface area (Å²) in [5, 5.41) is 3.00. The van der Waals surface area contributed by atoms with Gasteiger partial charge in [0.25, 0.3) is 0 Å². The predicted molar refractivity (Wildman–Crippen MR) is 110 cm³/mol. The highest BCUT2D eigenvalue weighted by Crippen LogP contribution is 2.43. The lowest BCUT2D eigenvalue weighted by atomic mass is 9.68. The van der Waals surface area contributed by atoms with E-state index in [0.29, 0.717) is 24.3 Å². The lowest BCUT2D eigenvalue weighted by Crippen LogP contribution is -2.31. The Labute approximate surface area is 164 Å². The van der Waals surface area contributed by atoms with Crippen molar-refractivity contribution >= 4 is 22.8 Å². The van der Waals surface area contributed by atoms with E-state index in [1.807, 2.05) is 31.3 Å². The molecule has 1 fully saturated rings. The van der Waals surface area contributed by atoms with Gasteiger partial charge in [-0.2, -0.15) is 0 Å². The molecule has 1 aliphatic carbocycles. The summed E-state index contributed by atoms with van der Waals surface area (Å²) in [6.07, 6.45) is 6.00. The van der Waals surface area contributed by atoms with Crippen LogP contribution in [-0.2, 0) is 11.3 Å². The number of benzene rings is 1. The SMILES string of the molecule is Cc1cc(Cn2ccc3nc(NC(=O)CC4(C)CCC4)c(C)cc32)ccc1F. The van der Waals surface area contributed by atoms with E-state index in [1.54, 1.807) is 6.92 Å². The average molecular weight is 379 g/mol. The summed E-state index contributed by atoms with van der Waals surface area (Å²) in [6.45, 7) is 6.57. The molecule has 1 N–H and O–H groups in total. The minimum absolute atomic E-state index is 0.0402. The highest BCUT2D eigenvalue weighted by Gasteiger charge is 2.34. The Morgan fingerprint density at radius 3 is 2.68 bits per heavy atom. The van der Waals surface area contributed by atoms with Gasteiger partial charge in [0.2, 0.25) is 5.91 Å². The third kappa shape index (κ3) is 3.66. The van der Waals surface area contributed by atoms with Gasteiger partial charge >= 0.3 is 0 Å². The number of halogens is 1. The van der Waals surface area contributed by atoms with Crippen molar-refractivity contribution in [3.63, 3.8) is 0 Å². The van der Waals surface area contributed by atoms with Crippen LogP contribution >= 0.6 is 0 Å². The second-order valence-corrected chi connectivity index (χ2v) is 8.47. The van der Waals surface area contributed by atoms with Gasteiger partial charge in [-0.3, -0.25) is 4.79 Å². The zero-order chi connectivity index (χ0) is 19.9. The van der Waals surface area contributed by atoms with Crippen molar-refractivity contribution in [3.05, 3.63) is 59.0 Å². The smallest absolute Gasteiger partial charge is 0.226 e. The summed E-state index contributed by atoms with van der Waals surface area (Å²) >= 11 is 0. The molecule has 2 heterocycles. The molecule has 4 rings (SSSR count). The van der Waals surface area contributed by atoms with Crippen LogP contribution in [0.3, 0.4) is 0 Å². The molecule has 0 spiro atoms. The molecule has 0 unspecified atom stereocenters. The van der Waals surface area contributed by atoms with Crippen LogP contribution in [0.25, 0.3) is 11.0 Å². The van der Waals surface area contributed by atoms with Crippen molar-refractivity contribution in [2.24, 2.45) is 5.41 Å². The first-order valence-electron chi connectivity index (χ1n) is 9.84. The summed E-state index contributed by atoms with van der Waals surface area (Å²) in [6, 6.07) is 9.20. The van der Waals surface area contributed by atoms with Gasteiger partial charge in [-0.1, -0.05) is 25.5 Å². The molecule has 3 aromatic rings. The van der Waals surface area contributed by atoms with E-state index in [0.717, 1.165) is 35.0 Å². The van der Waals surface area contributed by atoms with Crippen LogP contribution in [0.5, 0.6) is 0 Å². The molecule has 1 amide bonds. The van der Waals surface area contributed by atoms with Crippen molar-refractivity contribution in [3.8, 4) is 0 Å². The van der Waals surface area contributed by atoms with Gasteiger partial charge in [-0.05, 0) is 67.0 Å². The van der Waals surface area contributed by atoms with Gasteiger partial charge in [0.15, 0.2) is 0 Å². The number of nitrogens with one attached hydrogen (secondary N) is 1. The van der Waals surface area contributed by atoms with E-state index in [4.69, 9.17) is 0 Å². The van der Waals surface area contributed by atoms with E-state index in [2.05, 4.69) is 27.9 Å². The van der Waals surface area contributed by atoms with Crippen molar-refractivity contribution in [1.29, 1.82) is 0 Å². The largest absolute Gasteiger partial charge is 0.342 e. The first-order chi connectivity index (χ1) is 13.3. The second-order valence-electron chi connectivity index (χ2n) is 8.47. The zero-order valence-electron chi connectivity index (χ0n) is 16.7.